The Morgan fingerprint density at radius 2 is 1.86 bits per heavy atom. The highest BCUT2D eigenvalue weighted by Gasteiger charge is 2.15. The van der Waals surface area contributed by atoms with E-state index in [2.05, 4.69) is 15.9 Å². The van der Waals surface area contributed by atoms with E-state index >= 15 is 0 Å². The summed E-state index contributed by atoms with van der Waals surface area (Å²) in [6.45, 7) is 1.99. The van der Waals surface area contributed by atoms with Gasteiger partial charge in [0.1, 0.15) is 5.75 Å². The van der Waals surface area contributed by atoms with E-state index in [1.54, 1.807) is 13.2 Å². The van der Waals surface area contributed by atoms with Gasteiger partial charge in [-0.15, -0.1) is 0 Å². The van der Waals surface area contributed by atoms with Crippen molar-refractivity contribution in [3.8, 4) is 17.2 Å². The third-order valence-electron chi connectivity index (χ3n) is 2.06. The number of aromatic hydroxyl groups is 1. The lowest BCUT2D eigenvalue weighted by Gasteiger charge is -2.13. The van der Waals surface area contributed by atoms with Gasteiger partial charge in [0.15, 0.2) is 11.5 Å². The first-order chi connectivity index (χ1) is 6.65. The van der Waals surface area contributed by atoms with Crippen molar-refractivity contribution in [3.63, 3.8) is 0 Å². The molecule has 3 nitrogen and oxygen atoms in total. The summed E-state index contributed by atoms with van der Waals surface area (Å²) in [6, 6.07) is 1.68. The van der Waals surface area contributed by atoms with Gasteiger partial charge in [-0.25, -0.2) is 0 Å². The van der Waals surface area contributed by atoms with Gasteiger partial charge in [0.25, 0.3) is 0 Å². The van der Waals surface area contributed by atoms with Crippen LogP contribution >= 0.6 is 15.9 Å². The number of methoxy groups -OCH3 is 2. The summed E-state index contributed by atoms with van der Waals surface area (Å²) in [7, 11) is 3.10. The molecule has 14 heavy (non-hydrogen) atoms. The molecule has 0 saturated carbocycles. The minimum Gasteiger partial charge on any atom is -0.503 e. The summed E-state index contributed by atoms with van der Waals surface area (Å²) in [6.07, 6.45) is 0.779. The Bertz CT molecular complexity index is 337. The molecule has 0 bridgehead atoms. The average molecular weight is 261 g/mol. The Labute approximate surface area is 91.8 Å². The fraction of sp³-hybridized carbons (Fsp3) is 0.400. The second-order valence-corrected chi connectivity index (χ2v) is 3.57. The van der Waals surface area contributed by atoms with Crippen LogP contribution in [0.3, 0.4) is 0 Å². The van der Waals surface area contributed by atoms with Gasteiger partial charge in [-0.1, -0.05) is 6.92 Å². The minimum atomic E-state index is 0.116. The highest BCUT2D eigenvalue weighted by atomic mass is 79.9. The lowest BCUT2D eigenvalue weighted by Crippen LogP contribution is -1.94. The standard InChI is InChI=1S/C10H13BrO3/c1-4-6-7(13-2)5-8(14-3)10(12)9(6)11/h5,12H,4H2,1-3H3. The van der Waals surface area contributed by atoms with E-state index in [0.29, 0.717) is 16.0 Å². The van der Waals surface area contributed by atoms with Crippen LogP contribution in [0.4, 0.5) is 0 Å². The Morgan fingerprint density at radius 3 is 2.29 bits per heavy atom. The third kappa shape index (κ3) is 1.80. The maximum atomic E-state index is 9.70. The molecule has 0 heterocycles. The summed E-state index contributed by atoms with van der Waals surface area (Å²) < 4.78 is 10.8. The average Bonchev–Trinajstić information content (AvgIpc) is 2.21. The van der Waals surface area contributed by atoms with Gasteiger partial charge in [-0.3, -0.25) is 0 Å². The van der Waals surface area contributed by atoms with Crippen molar-refractivity contribution in [2.45, 2.75) is 13.3 Å². The molecule has 4 heteroatoms. The van der Waals surface area contributed by atoms with Crippen molar-refractivity contribution in [2.24, 2.45) is 0 Å². The Balaban J connectivity index is 3.38. The summed E-state index contributed by atoms with van der Waals surface area (Å²) in [5, 5.41) is 9.70. The van der Waals surface area contributed by atoms with Crippen LogP contribution in [0.25, 0.3) is 0 Å². The Morgan fingerprint density at radius 1 is 1.29 bits per heavy atom. The number of phenols is 1. The van der Waals surface area contributed by atoms with E-state index in [1.807, 2.05) is 6.92 Å². The van der Waals surface area contributed by atoms with Gasteiger partial charge in [0, 0.05) is 11.6 Å². The third-order valence-corrected chi connectivity index (χ3v) is 2.91. The Hall–Kier alpha value is -0.900. The van der Waals surface area contributed by atoms with Crippen molar-refractivity contribution < 1.29 is 14.6 Å². The molecular weight excluding hydrogens is 248 g/mol. The molecule has 0 radical (unpaired) electrons. The summed E-state index contributed by atoms with van der Waals surface area (Å²) in [5.74, 6) is 1.24. The van der Waals surface area contributed by atoms with Crippen LogP contribution in [0.15, 0.2) is 10.5 Å². The van der Waals surface area contributed by atoms with Gasteiger partial charge < -0.3 is 14.6 Å². The molecule has 78 valence electrons. The maximum absolute atomic E-state index is 9.70. The molecule has 0 fully saturated rings. The van der Waals surface area contributed by atoms with E-state index in [4.69, 9.17) is 9.47 Å². The molecule has 0 aliphatic heterocycles. The quantitative estimate of drug-likeness (QED) is 0.909. The number of hydrogen-bond donors (Lipinski definition) is 1. The molecule has 0 atom stereocenters. The monoisotopic (exact) mass is 260 g/mol. The van der Waals surface area contributed by atoms with Crippen molar-refractivity contribution in [1.82, 2.24) is 0 Å². The van der Waals surface area contributed by atoms with Gasteiger partial charge in [0.05, 0.1) is 18.7 Å². The first-order valence-electron chi connectivity index (χ1n) is 4.28. The first-order valence-corrected chi connectivity index (χ1v) is 5.07. The minimum absolute atomic E-state index is 0.116. The van der Waals surface area contributed by atoms with Crippen molar-refractivity contribution in [3.05, 3.63) is 16.1 Å². The zero-order valence-corrected chi connectivity index (χ0v) is 10.0. The molecule has 1 rings (SSSR count). The zero-order valence-electron chi connectivity index (χ0n) is 8.43. The molecule has 0 aromatic heterocycles. The van der Waals surface area contributed by atoms with E-state index in [1.165, 1.54) is 7.11 Å². The molecule has 1 N–H and O–H groups in total. The highest BCUT2D eigenvalue weighted by molar-refractivity contribution is 9.10. The normalized spacial score (nSPS) is 10.0. The van der Waals surface area contributed by atoms with Crippen molar-refractivity contribution in [2.75, 3.05) is 14.2 Å². The molecule has 1 aromatic rings. The molecule has 0 aliphatic rings. The molecule has 0 spiro atoms. The van der Waals surface area contributed by atoms with Gasteiger partial charge >= 0.3 is 0 Å². The fourth-order valence-corrected chi connectivity index (χ4v) is 1.97. The van der Waals surface area contributed by atoms with E-state index in [-0.39, 0.29) is 5.75 Å². The number of phenolic OH excluding ortho intramolecular Hbond substituents is 1. The molecule has 0 amide bonds. The lowest BCUT2D eigenvalue weighted by molar-refractivity contribution is 0.360. The SMILES string of the molecule is CCc1c(OC)cc(OC)c(O)c1Br. The summed E-state index contributed by atoms with van der Waals surface area (Å²) in [5.41, 5.74) is 0.936. The highest BCUT2D eigenvalue weighted by Crippen LogP contribution is 2.42. The molecule has 0 saturated heterocycles. The maximum Gasteiger partial charge on any atom is 0.172 e. The van der Waals surface area contributed by atoms with Crippen molar-refractivity contribution >= 4 is 15.9 Å². The summed E-state index contributed by atoms with van der Waals surface area (Å²) in [4.78, 5) is 0. The van der Waals surface area contributed by atoms with Crippen LogP contribution < -0.4 is 9.47 Å². The van der Waals surface area contributed by atoms with E-state index < -0.39 is 0 Å². The molecule has 0 aliphatic carbocycles. The van der Waals surface area contributed by atoms with Gasteiger partial charge in [0.2, 0.25) is 0 Å². The topological polar surface area (TPSA) is 38.7 Å². The van der Waals surface area contributed by atoms with Crippen LogP contribution in [-0.2, 0) is 6.42 Å². The van der Waals surface area contributed by atoms with Crippen LogP contribution in [0.5, 0.6) is 17.2 Å². The van der Waals surface area contributed by atoms with E-state index in [9.17, 15) is 5.11 Å². The largest absolute Gasteiger partial charge is 0.503 e. The van der Waals surface area contributed by atoms with Crippen LogP contribution in [0.1, 0.15) is 12.5 Å². The predicted octanol–water partition coefficient (Wildman–Crippen LogP) is 2.73. The molecule has 0 unspecified atom stereocenters. The van der Waals surface area contributed by atoms with Crippen LogP contribution in [0, 0.1) is 0 Å². The number of benzene rings is 1. The number of hydrogen-bond acceptors (Lipinski definition) is 3. The Kier molecular flexibility index (Phi) is 3.63. The first kappa shape index (κ1) is 11.2. The molecule has 1 aromatic carbocycles. The van der Waals surface area contributed by atoms with Gasteiger partial charge in [-0.05, 0) is 22.4 Å². The molecular formula is C10H13BrO3. The second-order valence-electron chi connectivity index (χ2n) is 2.78. The number of rotatable bonds is 3. The number of ether oxygens (including phenoxy) is 2. The number of halogens is 1. The zero-order chi connectivity index (χ0) is 10.7. The van der Waals surface area contributed by atoms with Gasteiger partial charge in [-0.2, -0.15) is 0 Å². The second kappa shape index (κ2) is 4.55. The lowest BCUT2D eigenvalue weighted by atomic mass is 10.1. The van der Waals surface area contributed by atoms with Crippen LogP contribution in [0.2, 0.25) is 0 Å². The van der Waals surface area contributed by atoms with Crippen LogP contribution in [-0.4, -0.2) is 19.3 Å². The fourth-order valence-electron chi connectivity index (χ4n) is 1.30. The summed E-state index contributed by atoms with van der Waals surface area (Å²) >= 11 is 3.31. The smallest absolute Gasteiger partial charge is 0.172 e. The van der Waals surface area contributed by atoms with E-state index in [0.717, 1.165) is 12.0 Å². The van der Waals surface area contributed by atoms with Crippen molar-refractivity contribution in [1.29, 1.82) is 0 Å². The predicted molar refractivity (Wildman–Crippen MR) is 58.3 cm³/mol.